The molecule has 1 aromatic heterocycles. The van der Waals surface area contributed by atoms with Crippen molar-refractivity contribution in [1.29, 1.82) is 0 Å². The third-order valence-electron chi connectivity index (χ3n) is 3.70. The highest BCUT2D eigenvalue weighted by molar-refractivity contribution is 7.99. The number of carbonyl (C=O) groups excluding carboxylic acids is 1. The maximum absolute atomic E-state index is 12.6. The van der Waals surface area contributed by atoms with Crippen LogP contribution in [0.5, 0.6) is 0 Å². The van der Waals surface area contributed by atoms with Crippen LogP contribution in [0.2, 0.25) is 0 Å². The Kier molecular flexibility index (Phi) is 4.00. The number of hydrogen-bond acceptors (Lipinski definition) is 5. The van der Waals surface area contributed by atoms with Gasteiger partial charge < -0.3 is 15.3 Å². The summed E-state index contributed by atoms with van der Waals surface area (Å²) in [6.07, 6.45) is 0.752. The predicted octanol–water partition coefficient (Wildman–Crippen LogP) is 0.964. The first-order valence-corrected chi connectivity index (χ1v) is 8.62. The quantitative estimate of drug-likeness (QED) is 0.851. The molecule has 1 saturated heterocycles. The number of nitrogens with zero attached hydrogens (tertiary/aromatic N) is 1. The van der Waals surface area contributed by atoms with E-state index in [1.54, 1.807) is 23.1 Å². The number of thioether (sulfide) groups is 1. The summed E-state index contributed by atoms with van der Waals surface area (Å²) < 4.78 is 0. The fourth-order valence-corrected chi connectivity index (χ4v) is 4.57. The summed E-state index contributed by atoms with van der Waals surface area (Å²) in [5.41, 5.74) is 0.783. The maximum Gasteiger partial charge on any atom is 0.331 e. The number of amides is 1. The van der Waals surface area contributed by atoms with Crippen LogP contribution in [0.3, 0.4) is 0 Å². The van der Waals surface area contributed by atoms with E-state index in [-0.39, 0.29) is 11.9 Å². The molecular formula is C13H16N2O3S2. The molecule has 0 aliphatic carbocycles. The van der Waals surface area contributed by atoms with E-state index in [1.165, 1.54) is 4.90 Å². The van der Waals surface area contributed by atoms with Gasteiger partial charge in [0.15, 0.2) is 6.04 Å². The first kappa shape index (κ1) is 13.9. The molecule has 7 heteroatoms. The van der Waals surface area contributed by atoms with Gasteiger partial charge in [-0.15, -0.1) is 11.3 Å². The van der Waals surface area contributed by atoms with Crippen LogP contribution in [0, 0.1) is 0 Å². The van der Waals surface area contributed by atoms with Gasteiger partial charge in [0.25, 0.3) is 0 Å². The third kappa shape index (κ3) is 2.45. The molecule has 2 aliphatic heterocycles. The molecule has 2 N–H and O–H groups in total. The van der Waals surface area contributed by atoms with Crippen molar-refractivity contribution < 1.29 is 14.7 Å². The Hall–Kier alpha value is -1.05. The molecule has 20 heavy (non-hydrogen) atoms. The van der Waals surface area contributed by atoms with E-state index in [1.807, 2.05) is 11.4 Å². The van der Waals surface area contributed by atoms with Gasteiger partial charge in [-0.05, 0) is 23.4 Å². The topological polar surface area (TPSA) is 69.6 Å². The lowest BCUT2D eigenvalue weighted by Crippen LogP contribution is -2.54. The van der Waals surface area contributed by atoms with Crippen LogP contribution in [0.15, 0.2) is 11.4 Å². The second-order valence-corrected chi connectivity index (χ2v) is 7.05. The Labute approximate surface area is 125 Å². The highest BCUT2D eigenvalue weighted by Crippen LogP contribution is 2.34. The highest BCUT2D eigenvalue weighted by atomic mass is 32.2. The Morgan fingerprint density at radius 2 is 2.30 bits per heavy atom. The average Bonchev–Trinajstić information content (AvgIpc) is 2.94. The van der Waals surface area contributed by atoms with Crippen molar-refractivity contribution in [1.82, 2.24) is 10.2 Å². The number of carboxylic acids is 1. The zero-order valence-corrected chi connectivity index (χ0v) is 12.5. The molecule has 1 amide bonds. The van der Waals surface area contributed by atoms with Gasteiger partial charge in [0.1, 0.15) is 0 Å². The molecule has 3 rings (SSSR count). The number of fused-ring (bicyclic) bond motifs is 1. The fraction of sp³-hybridized carbons (Fsp3) is 0.538. The summed E-state index contributed by atoms with van der Waals surface area (Å²) in [5.74, 6) is 0.696. The Morgan fingerprint density at radius 3 is 3.00 bits per heavy atom. The summed E-state index contributed by atoms with van der Waals surface area (Å²) in [6, 6.07) is 0.753. The van der Waals surface area contributed by atoms with E-state index in [4.69, 9.17) is 0 Å². The summed E-state index contributed by atoms with van der Waals surface area (Å²) >= 11 is 3.31. The number of hydrogen-bond donors (Lipinski definition) is 2. The zero-order chi connectivity index (χ0) is 14.1. The Balaban J connectivity index is 1.85. The van der Waals surface area contributed by atoms with Crippen molar-refractivity contribution in [2.24, 2.45) is 0 Å². The number of carbonyl (C=O) groups is 2. The molecule has 1 aromatic rings. The Bertz CT molecular complexity index is 525. The molecule has 0 radical (unpaired) electrons. The van der Waals surface area contributed by atoms with Crippen LogP contribution in [0.25, 0.3) is 0 Å². The lowest BCUT2D eigenvalue weighted by Gasteiger charge is -2.36. The lowest BCUT2D eigenvalue weighted by molar-refractivity contribution is -0.151. The first-order chi connectivity index (χ1) is 9.68. The number of nitrogens with one attached hydrogen (secondary N) is 1. The molecule has 2 unspecified atom stereocenters. The molecular weight excluding hydrogens is 296 g/mol. The van der Waals surface area contributed by atoms with Gasteiger partial charge in [-0.25, -0.2) is 4.79 Å². The van der Waals surface area contributed by atoms with E-state index in [2.05, 4.69) is 5.32 Å². The molecule has 2 aliphatic rings. The molecule has 0 aromatic carbocycles. The molecule has 0 saturated carbocycles. The van der Waals surface area contributed by atoms with Crippen molar-refractivity contribution >= 4 is 35.0 Å². The second-order valence-electron chi connectivity index (χ2n) is 4.90. The van der Waals surface area contributed by atoms with Gasteiger partial charge in [0.2, 0.25) is 5.91 Å². The van der Waals surface area contributed by atoms with Gasteiger partial charge in [-0.3, -0.25) is 4.79 Å². The number of rotatable bonds is 2. The minimum Gasteiger partial charge on any atom is -0.479 e. The van der Waals surface area contributed by atoms with E-state index >= 15 is 0 Å². The lowest BCUT2D eigenvalue weighted by atomic mass is 9.99. The van der Waals surface area contributed by atoms with Gasteiger partial charge in [0.05, 0.1) is 6.04 Å². The van der Waals surface area contributed by atoms with Crippen LogP contribution in [0.4, 0.5) is 0 Å². The van der Waals surface area contributed by atoms with Crippen LogP contribution in [0.1, 0.15) is 16.5 Å². The van der Waals surface area contributed by atoms with Crippen molar-refractivity contribution in [3.05, 3.63) is 21.9 Å². The highest BCUT2D eigenvalue weighted by Gasteiger charge is 2.39. The monoisotopic (exact) mass is 312 g/mol. The smallest absolute Gasteiger partial charge is 0.331 e. The second kappa shape index (κ2) is 5.75. The van der Waals surface area contributed by atoms with E-state index in [9.17, 15) is 14.7 Å². The average molecular weight is 312 g/mol. The van der Waals surface area contributed by atoms with Crippen molar-refractivity contribution in [3.63, 3.8) is 0 Å². The molecule has 1 fully saturated rings. The van der Waals surface area contributed by atoms with Crippen LogP contribution in [-0.2, 0) is 16.0 Å². The molecule has 0 spiro atoms. The van der Waals surface area contributed by atoms with Gasteiger partial charge in [-0.1, -0.05) is 0 Å². The molecule has 108 valence electrons. The largest absolute Gasteiger partial charge is 0.479 e. The van der Waals surface area contributed by atoms with Crippen molar-refractivity contribution in [2.45, 2.75) is 18.5 Å². The number of aliphatic carboxylic acids is 1. The predicted molar refractivity (Wildman–Crippen MR) is 79.2 cm³/mol. The van der Waals surface area contributed by atoms with Crippen LogP contribution >= 0.6 is 23.1 Å². The summed E-state index contributed by atoms with van der Waals surface area (Å²) in [5, 5.41) is 14.6. The number of thiophene rings is 1. The molecule has 3 heterocycles. The van der Waals surface area contributed by atoms with Crippen molar-refractivity contribution in [2.75, 3.05) is 24.6 Å². The van der Waals surface area contributed by atoms with E-state index < -0.39 is 12.0 Å². The van der Waals surface area contributed by atoms with Crippen LogP contribution < -0.4 is 5.32 Å². The number of carboxylic acid groups (broad SMARTS) is 1. The summed E-state index contributed by atoms with van der Waals surface area (Å²) in [6.45, 7) is 1.29. The third-order valence-corrected chi connectivity index (χ3v) is 5.76. The Morgan fingerprint density at radius 1 is 1.45 bits per heavy atom. The maximum atomic E-state index is 12.6. The molecule has 5 nitrogen and oxygen atoms in total. The minimum atomic E-state index is -0.943. The standard InChI is InChI=1S/C13H16N2O3S2/c16-12(9-7-19-6-3-14-9)15-4-1-10-8(2-5-20-10)11(15)13(17)18/h2,5,9,11,14H,1,3-4,6-7H2,(H,17,18). The SMILES string of the molecule is O=C(O)C1c2ccsc2CCN1C(=O)C1CSCCN1. The molecule has 0 bridgehead atoms. The van der Waals surface area contributed by atoms with Crippen LogP contribution in [-0.4, -0.2) is 52.5 Å². The summed E-state index contributed by atoms with van der Waals surface area (Å²) in [4.78, 5) is 26.8. The van der Waals surface area contributed by atoms with E-state index in [0.717, 1.165) is 34.9 Å². The normalized spacial score (nSPS) is 26.1. The van der Waals surface area contributed by atoms with Crippen molar-refractivity contribution in [3.8, 4) is 0 Å². The zero-order valence-electron chi connectivity index (χ0n) is 10.9. The fourth-order valence-electron chi connectivity index (χ4n) is 2.74. The van der Waals surface area contributed by atoms with Gasteiger partial charge in [0, 0.05) is 29.5 Å². The molecule has 2 atom stereocenters. The first-order valence-electron chi connectivity index (χ1n) is 6.59. The van der Waals surface area contributed by atoms with E-state index in [0.29, 0.717) is 6.54 Å². The van der Waals surface area contributed by atoms with Gasteiger partial charge >= 0.3 is 5.97 Å². The minimum absolute atomic E-state index is 0.0820. The van der Waals surface area contributed by atoms with Gasteiger partial charge in [-0.2, -0.15) is 11.8 Å². The summed E-state index contributed by atoms with van der Waals surface area (Å²) in [7, 11) is 0.